The van der Waals surface area contributed by atoms with Crippen molar-refractivity contribution < 1.29 is 28.6 Å². The molecule has 4 rings (SSSR count). The summed E-state index contributed by atoms with van der Waals surface area (Å²) in [6, 6.07) is 12.7. The first-order valence-corrected chi connectivity index (χ1v) is 11.8. The number of aliphatic hydroxyl groups excluding tert-OH is 1. The van der Waals surface area contributed by atoms with Crippen molar-refractivity contribution in [2.75, 3.05) is 19.8 Å². The minimum atomic E-state index is -0.881. The Labute approximate surface area is 202 Å². The Bertz CT molecular complexity index is 1010. The van der Waals surface area contributed by atoms with Crippen LogP contribution in [0.3, 0.4) is 0 Å². The average molecular weight is 491 g/mol. The molecule has 0 radical (unpaired) electrons. The molecular formula is C25H28ClFN2O5. The van der Waals surface area contributed by atoms with E-state index in [2.05, 4.69) is 5.32 Å². The molecule has 2 amide bonds. The van der Waals surface area contributed by atoms with Gasteiger partial charge in [0, 0.05) is 18.1 Å². The number of carbonyl (C=O) groups excluding carboxylic acids is 2. The monoisotopic (exact) mass is 490 g/mol. The number of fused-ring (bicyclic) bond motifs is 1. The zero-order valence-corrected chi connectivity index (χ0v) is 19.4. The van der Waals surface area contributed by atoms with Gasteiger partial charge in [0.1, 0.15) is 11.9 Å². The van der Waals surface area contributed by atoms with Gasteiger partial charge in [-0.3, -0.25) is 9.59 Å². The third-order valence-corrected chi connectivity index (χ3v) is 6.41. The van der Waals surface area contributed by atoms with Crippen LogP contribution in [0.1, 0.15) is 35.2 Å². The van der Waals surface area contributed by atoms with Crippen molar-refractivity contribution in [3.05, 3.63) is 70.5 Å². The molecule has 0 saturated carbocycles. The van der Waals surface area contributed by atoms with Gasteiger partial charge in [-0.2, -0.15) is 0 Å². The second kappa shape index (κ2) is 11.3. The number of nitrogens with zero attached hydrogens (tertiary/aromatic N) is 1. The number of halogens is 2. The van der Waals surface area contributed by atoms with Crippen LogP contribution in [0.25, 0.3) is 0 Å². The number of rotatable bonds is 5. The molecule has 0 spiro atoms. The predicted octanol–water partition coefficient (Wildman–Crippen LogP) is 2.94. The van der Waals surface area contributed by atoms with E-state index < -0.39 is 30.0 Å². The number of hydrogen-bond acceptors (Lipinski definition) is 5. The lowest BCUT2D eigenvalue weighted by Gasteiger charge is -2.44. The van der Waals surface area contributed by atoms with E-state index >= 15 is 0 Å². The third-order valence-electron chi connectivity index (χ3n) is 6.16. The van der Waals surface area contributed by atoms with E-state index in [1.54, 1.807) is 18.2 Å². The summed E-state index contributed by atoms with van der Waals surface area (Å²) in [5.41, 5.74) is 0.898. The molecule has 2 heterocycles. The number of ether oxygens (including phenoxy) is 2. The molecule has 9 heteroatoms. The molecule has 34 heavy (non-hydrogen) atoms. The number of carbonyl (C=O) groups is 2. The van der Waals surface area contributed by atoms with Crippen LogP contribution in [-0.4, -0.2) is 65.9 Å². The molecular weight excluding hydrogens is 463 g/mol. The van der Waals surface area contributed by atoms with Crippen LogP contribution in [0, 0.1) is 5.82 Å². The molecule has 2 fully saturated rings. The van der Waals surface area contributed by atoms with Gasteiger partial charge in [-0.15, -0.1) is 0 Å². The smallest absolute Gasteiger partial charge is 0.257 e. The molecule has 2 N–H and O–H groups in total. The Morgan fingerprint density at radius 2 is 1.88 bits per heavy atom. The zero-order valence-electron chi connectivity index (χ0n) is 18.7. The second-order valence-electron chi connectivity index (χ2n) is 8.68. The SMILES string of the molecule is O=C(C[C@@H]1CC[C@@H]2[C@H](COC[C@H](O)CN2C(=O)c2ccccc2F)O1)NCc1ccc(Cl)cc1. The van der Waals surface area contributed by atoms with Gasteiger partial charge in [0.05, 0.1) is 43.4 Å². The van der Waals surface area contributed by atoms with Crippen molar-refractivity contribution >= 4 is 23.4 Å². The van der Waals surface area contributed by atoms with Crippen LogP contribution < -0.4 is 5.32 Å². The molecule has 2 aliphatic rings. The molecule has 182 valence electrons. The Kier molecular flexibility index (Phi) is 8.15. The molecule has 0 aliphatic carbocycles. The van der Waals surface area contributed by atoms with E-state index in [4.69, 9.17) is 21.1 Å². The quantitative estimate of drug-likeness (QED) is 0.673. The van der Waals surface area contributed by atoms with Gasteiger partial charge in [0.15, 0.2) is 0 Å². The van der Waals surface area contributed by atoms with Crippen LogP contribution >= 0.6 is 11.6 Å². The summed E-state index contributed by atoms with van der Waals surface area (Å²) in [5, 5.41) is 13.8. The van der Waals surface area contributed by atoms with Gasteiger partial charge < -0.3 is 24.8 Å². The summed E-state index contributed by atoms with van der Waals surface area (Å²) in [4.78, 5) is 27.2. The Hall–Kier alpha value is -2.52. The molecule has 0 unspecified atom stereocenters. The van der Waals surface area contributed by atoms with Gasteiger partial charge >= 0.3 is 0 Å². The fourth-order valence-electron chi connectivity index (χ4n) is 4.45. The highest BCUT2D eigenvalue weighted by molar-refractivity contribution is 6.30. The van der Waals surface area contributed by atoms with Gasteiger partial charge in [-0.25, -0.2) is 4.39 Å². The fraction of sp³-hybridized carbons (Fsp3) is 0.440. The highest BCUT2D eigenvalue weighted by atomic mass is 35.5. The Morgan fingerprint density at radius 3 is 2.65 bits per heavy atom. The molecule has 2 aromatic rings. The van der Waals surface area contributed by atoms with E-state index in [0.29, 0.717) is 24.4 Å². The lowest BCUT2D eigenvalue weighted by atomic mass is 9.94. The topological polar surface area (TPSA) is 88.1 Å². The molecule has 2 saturated heterocycles. The van der Waals surface area contributed by atoms with E-state index in [0.717, 1.165) is 5.56 Å². The van der Waals surface area contributed by atoms with E-state index in [1.807, 2.05) is 12.1 Å². The zero-order chi connectivity index (χ0) is 24.1. The summed E-state index contributed by atoms with van der Waals surface area (Å²) in [6.45, 7) is 0.621. The second-order valence-corrected chi connectivity index (χ2v) is 9.11. The first kappa shape index (κ1) is 24.6. The first-order chi connectivity index (χ1) is 16.4. The van der Waals surface area contributed by atoms with E-state index in [-0.39, 0.29) is 43.8 Å². The number of amides is 2. The number of nitrogens with one attached hydrogen (secondary N) is 1. The lowest BCUT2D eigenvalue weighted by molar-refractivity contribution is -0.151. The predicted molar refractivity (Wildman–Crippen MR) is 124 cm³/mol. The summed E-state index contributed by atoms with van der Waals surface area (Å²) in [6.07, 6.45) is -0.410. The van der Waals surface area contributed by atoms with Crippen molar-refractivity contribution in [2.45, 2.75) is 50.2 Å². The van der Waals surface area contributed by atoms with Crippen molar-refractivity contribution in [1.82, 2.24) is 10.2 Å². The Morgan fingerprint density at radius 1 is 1.12 bits per heavy atom. The van der Waals surface area contributed by atoms with Crippen LogP contribution in [0.5, 0.6) is 0 Å². The fourth-order valence-corrected chi connectivity index (χ4v) is 4.57. The largest absolute Gasteiger partial charge is 0.389 e. The number of hydrogen-bond donors (Lipinski definition) is 2. The summed E-state index contributed by atoms with van der Waals surface area (Å²) in [5.74, 6) is -1.24. The van der Waals surface area contributed by atoms with Crippen molar-refractivity contribution in [1.29, 1.82) is 0 Å². The number of benzene rings is 2. The molecule has 2 aliphatic heterocycles. The molecule has 4 atom stereocenters. The highest BCUT2D eigenvalue weighted by Crippen LogP contribution is 2.29. The maximum absolute atomic E-state index is 14.3. The summed E-state index contributed by atoms with van der Waals surface area (Å²) < 4.78 is 26.1. The molecule has 2 aromatic carbocycles. The van der Waals surface area contributed by atoms with E-state index in [9.17, 15) is 19.1 Å². The van der Waals surface area contributed by atoms with Gasteiger partial charge in [0.25, 0.3) is 5.91 Å². The first-order valence-electron chi connectivity index (χ1n) is 11.4. The maximum atomic E-state index is 14.3. The van der Waals surface area contributed by atoms with Crippen molar-refractivity contribution in [2.24, 2.45) is 0 Å². The molecule has 0 bridgehead atoms. The van der Waals surface area contributed by atoms with Crippen molar-refractivity contribution in [3.8, 4) is 0 Å². The standard InChI is InChI=1S/C25H28ClFN2O5/c26-17-7-5-16(6-8-17)12-28-24(31)11-19-9-10-22-23(34-19)15-33-14-18(30)13-29(22)25(32)20-3-1-2-4-21(20)27/h1-8,18-19,22-23,30H,9-15H2,(H,28,31)/t18-,19+,22-,23+/m1/s1. The maximum Gasteiger partial charge on any atom is 0.257 e. The van der Waals surface area contributed by atoms with Gasteiger partial charge in [-0.05, 0) is 42.7 Å². The van der Waals surface area contributed by atoms with Crippen molar-refractivity contribution in [3.63, 3.8) is 0 Å². The van der Waals surface area contributed by atoms with Crippen LogP contribution in [0.4, 0.5) is 4.39 Å². The van der Waals surface area contributed by atoms with Gasteiger partial charge in [0.2, 0.25) is 5.91 Å². The number of aliphatic hydroxyl groups is 1. The Balaban J connectivity index is 1.39. The van der Waals surface area contributed by atoms with Crippen LogP contribution in [-0.2, 0) is 20.8 Å². The van der Waals surface area contributed by atoms with Crippen LogP contribution in [0.15, 0.2) is 48.5 Å². The average Bonchev–Trinajstić information content (AvgIpc) is 2.81. The minimum Gasteiger partial charge on any atom is -0.389 e. The summed E-state index contributed by atoms with van der Waals surface area (Å²) in [7, 11) is 0. The number of β-amino-alcohol motifs (C(OH)–C–C–N with tert-alkyl or cyclic N) is 1. The molecule has 7 nitrogen and oxygen atoms in total. The minimum absolute atomic E-state index is 0.0178. The molecule has 0 aromatic heterocycles. The van der Waals surface area contributed by atoms with E-state index in [1.165, 1.54) is 23.1 Å². The van der Waals surface area contributed by atoms with Crippen LogP contribution in [0.2, 0.25) is 5.02 Å². The van der Waals surface area contributed by atoms with Gasteiger partial charge in [-0.1, -0.05) is 35.9 Å². The highest BCUT2D eigenvalue weighted by Gasteiger charge is 2.40. The normalized spacial score (nSPS) is 25.1. The lowest BCUT2D eigenvalue weighted by Crippen LogP contribution is -2.57. The summed E-state index contributed by atoms with van der Waals surface area (Å²) >= 11 is 5.89. The third kappa shape index (κ3) is 6.13.